The first-order chi connectivity index (χ1) is 9.90. The lowest BCUT2D eigenvalue weighted by molar-refractivity contribution is 0.0784. The second-order valence-electron chi connectivity index (χ2n) is 4.50. The summed E-state index contributed by atoms with van der Waals surface area (Å²) in [4.78, 5) is 13.7. The Kier molecular flexibility index (Phi) is 5.25. The molecule has 1 amide bonds. The van der Waals surface area contributed by atoms with Crippen LogP contribution >= 0.6 is 39.1 Å². The van der Waals surface area contributed by atoms with Crippen LogP contribution < -0.4 is 0 Å². The molecule has 0 fully saturated rings. The van der Waals surface area contributed by atoms with E-state index in [1.165, 1.54) is 17.0 Å². The van der Waals surface area contributed by atoms with Crippen molar-refractivity contribution in [2.24, 2.45) is 0 Å². The molecule has 2 aromatic rings. The molecule has 0 bridgehead atoms. The quantitative estimate of drug-likeness (QED) is 0.708. The van der Waals surface area contributed by atoms with Crippen LogP contribution in [0.2, 0.25) is 10.0 Å². The van der Waals surface area contributed by atoms with Crippen LogP contribution in [0.15, 0.2) is 40.9 Å². The van der Waals surface area contributed by atoms with Gasteiger partial charge in [-0.2, -0.15) is 0 Å². The number of hydrogen-bond donors (Lipinski definition) is 0. The molecule has 110 valence electrons. The number of nitrogens with zero attached hydrogens (tertiary/aromatic N) is 1. The van der Waals surface area contributed by atoms with Crippen molar-refractivity contribution in [3.63, 3.8) is 0 Å². The van der Waals surface area contributed by atoms with Gasteiger partial charge in [0.25, 0.3) is 5.91 Å². The van der Waals surface area contributed by atoms with E-state index in [1.807, 2.05) is 0 Å². The van der Waals surface area contributed by atoms with E-state index in [1.54, 1.807) is 31.3 Å². The van der Waals surface area contributed by atoms with Gasteiger partial charge < -0.3 is 4.90 Å². The number of carbonyl (C=O) groups is 1. The van der Waals surface area contributed by atoms with E-state index in [4.69, 9.17) is 23.2 Å². The summed E-state index contributed by atoms with van der Waals surface area (Å²) in [5.41, 5.74) is 1.01. The zero-order chi connectivity index (χ0) is 15.6. The number of carbonyl (C=O) groups excluding carboxylic acids is 1. The zero-order valence-electron chi connectivity index (χ0n) is 11.0. The zero-order valence-corrected chi connectivity index (χ0v) is 14.1. The molecule has 0 aromatic heterocycles. The van der Waals surface area contributed by atoms with Gasteiger partial charge in [0.15, 0.2) is 0 Å². The Morgan fingerprint density at radius 3 is 2.67 bits per heavy atom. The molecule has 0 heterocycles. The largest absolute Gasteiger partial charge is 0.337 e. The van der Waals surface area contributed by atoms with Gasteiger partial charge in [0, 0.05) is 19.2 Å². The van der Waals surface area contributed by atoms with Crippen molar-refractivity contribution in [3.05, 3.63) is 67.9 Å². The van der Waals surface area contributed by atoms with Gasteiger partial charge in [-0.1, -0.05) is 35.3 Å². The molecule has 0 aliphatic rings. The van der Waals surface area contributed by atoms with Crippen LogP contribution in [-0.4, -0.2) is 17.9 Å². The van der Waals surface area contributed by atoms with Crippen LogP contribution in [0.5, 0.6) is 0 Å². The van der Waals surface area contributed by atoms with E-state index in [2.05, 4.69) is 15.9 Å². The van der Waals surface area contributed by atoms with Crippen molar-refractivity contribution in [1.29, 1.82) is 0 Å². The summed E-state index contributed by atoms with van der Waals surface area (Å²) in [6.07, 6.45) is 0. The predicted octanol–water partition coefficient (Wildman–Crippen LogP) is 5.17. The van der Waals surface area contributed by atoms with Crippen LogP contribution in [0.25, 0.3) is 0 Å². The van der Waals surface area contributed by atoms with Gasteiger partial charge in [-0.25, -0.2) is 4.39 Å². The van der Waals surface area contributed by atoms with E-state index in [-0.39, 0.29) is 18.0 Å². The summed E-state index contributed by atoms with van der Waals surface area (Å²) in [5.74, 6) is -0.771. The van der Waals surface area contributed by atoms with Crippen molar-refractivity contribution in [2.75, 3.05) is 7.05 Å². The maximum Gasteiger partial charge on any atom is 0.254 e. The summed E-state index contributed by atoms with van der Waals surface area (Å²) in [5, 5.41) is 0.852. The molecule has 0 aliphatic heterocycles. The second-order valence-corrected chi connectivity index (χ2v) is 6.14. The molecular weight excluding hydrogens is 380 g/mol. The van der Waals surface area contributed by atoms with E-state index < -0.39 is 5.82 Å². The van der Waals surface area contributed by atoms with Gasteiger partial charge in [0.2, 0.25) is 0 Å². The van der Waals surface area contributed by atoms with Gasteiger partial charge in [-0.3, -0.25) is 4.79 Å². The van der Waals surface area contributed by atoms with Crippen LogP contribution in [0.1, 0.15) is 15.9 Å². The molecule has 0 unspecified atom stereocenters. The van der Waals surface area contributed by atoms with Crippen molar-refractivity contribution in [3.8, 4) is 0 Å². The first kappa shape index (κ1) is 16.3. The topological polar surface area (TPSA) is 20.3 Å². The van der Waals surface area contributed by atoms with Gasteiger partial charge in [0.1, 0.15) is 5.82 Å². The molecule has 2 aromatic carbocycles. The fourth-order valence-electron chi connectivity index (χ4n) is 1.85. The van der Waals surface area contributed by atoms with Crippen LogP contribution in [0.3, 0.4) is 0 Å². The lowest BCUT2D eigenvalue weighted by Crippen LogP contribution is -2.26. The first-order valence-corrected chi connectivity index (χ1v) is 7.58. The molecular formula is C15H11BrCl2FNO. The second kappa shape index (κ2) is 6.77. The molecule has 0 aliphatic carbocycles. The van der Waals surface area contributed by atoms with Crippen LogP contribution in [0, 0.1) is 5.82 Å². The lowest BCUT2D eigenvalue weighted by atomic mass is 10.1. The molecule has 0 radical (unpaired) electrons. The Bertz CT molecular complexity index is 693. The predicted molar refractivity (Wildman–Crippen MR) is 86.4 cm³/mol. The summed E-state index contributed by atoms with van der Waals surface area (Å²) >= 11 is 15.1. The summed E-state index contributed by atoms with van der Waals surface area (Å²) in [6, 6.07) is 9.50. The Hall–Kier alpha value is -1.10. The third-order valence-electron chi connectivity index (χ3n) is 2.95. The van der Waals surface area contributed by atoms with Crippen LogP contribution in [-0.2, 0) is 6.54 Å². The third kappa shape index (κ3) is 3.76. The smallest absolute Gasteiger partial charge is 0.254 e. The van der Waals surface area contributed by atoms with Crippen molar-refractivity contribution >= 4 is 45.0 Å². The number of benzene rings is 2. The maximum absolute atomic E-state index is 13.5. The minimum Gasteiger partial charge on any atom is -0.337 e. The highest BCUT2D eigenvalue weighted by molar-refractivity contribution is 9.10. The minimum absolute atomic E-state index is 0.274. The highest BCUT2D eigenvalue weighted by Crippen LogP contribution is 2.26. The Balaban J connectivity index is 2.19. The van der Waals surface area contributed by atoms with Crippen LogP contribution in [0.4, 0.5) is 4.39 Å². The molecule has 6 heteroatoms. The Morgan fingerprint density at radius 1 is 1.29 bits per heavy atom. The third-order valence-corrected chi connectivity index (χ3v) is 4.45. The van der Waals surface area contributed by atoms with Crippen molar-refractivity contribution < 1.29 is 9.18 Å². The first-order valence-electron chi connectivity index (χ1n) is 6.03. The minimum atomic E-state index is -0.477. The molecule has 2 nitrogen and oxygen atoms in total. The fraction of sp³-hybridized carbons (Fsp3) is 0.133. The lowest BCUT2D eigenvalue weighted by Gasteiger charge is -2.18. The number of hydrogen-bond acceptors (Lipinski definition) is 1. The molecule has 0 spiro atoms. The van der Waals surface area contributed by atoms with E-state index >= 15 is 0 Å². The highest BCUT2D eigenvalue weighted by atomic mass is 79.9. The molecule has 21 heavy (non-hydrogen) atoms. The number of amides is 1. The fourth-order valence-corrected chi connectivity index (χ4v) is 2.47. The summed E-state index contributed by atoms with van der Waals surface area (Å²) in [7, 11) is 1.62. The SMILES string of the molecule is CN(Cc1cccc(Cl)c1Cl)C(=O)c1ccc(Br)c(F)c1. The van der Waals surface area contributed by atoms with E-state index in [0.717, 1.165) is 5.56 Å². The number of halogens is 4. The Labute approximate surface area is 140 Å². The molecule has 2 rings (SSSR count). The van der Waals surface area contributed by atoms with Crippen molar-refractivity contribution in [1.82, 2.24) is 4.90 Å². The van der Waals surface area contributed by atoms with Gasteiger partial charge >= 0.3 is 0 Å². The van der Waals surface area contributed by atoms with Gasteiger partial charge in [-0.15, -0.1) is 0 Å². The molecule has 0 saturated heterocycles. The van der Waals surface area contributed by atoms with E-state index in [0.29, 0.717) is 14.5 Å². The average Bonchev–Trinajstić information content (AvgIpc) is 2.46. The normalized spacial score (nSPS) is 10.5. The molecule has 0 atom stereocenters. The molecule has 0 saturated carbocycles. The van der Waals surface area contributed by atoms with Crippen molar-refractivity contribution in [2.45, 2.75) is 6.54 Å². The van der Waals surface area contributed by atoms with E-state index in [9.17, 15) is 9.18 Å². The van der Waals surface area contributed by atoms with Gasteiger partial charge in [0.05, 0.1) is 14.5 Å². The summed E-state index contributed by atoms with van der Waals surface area (Å²) in [6.45, 7) is 0.288. The highest BCUT2D eigenvalue weighted by Gasteiger charge is 2.15. The van der Waals surface area contributed by atoms with Gasteiger partial charge in [-0.05, 0) is 45.8 Å². The summed E-state index contributed by atoms with van der Waals surface area (Å²) < 4.78 is 13.8. The monoisotopic (exact) mass is 389 g/mol. The standard InChI is InChI=1S/C15H11BrCl2FNO/c1-20(8-10-3-2-4-12(17)14(10)18)15(21)9-5-6-11(16)13(19)7-9/h2-7H,8H2,1H3. The maximum atomic E-state index is 13.5. The molecule has 0 N–H and O–H groups in total. The Morgan fingerprint density at radius 2 is 2.00 bits per heavy atom. The number of rotatable bonds is 3. The average molecular weight is 391 g/mol.